The second kappa shape index (κ2) is 9.99. The van der Waals surface area contributed by atoms with Crippen molar-refractivity contribution in [3.8, 4) is 0 Å². The molecule has 0 aromatic heterocycles. The zero-order valence-electron chi connectivity index (χ0n) is 14.6. The molecule has 0 aliphatic rings. The number of benzene rings is 2. The van der Waals surface area contributed by atoms with Crippen LogP contribution in [0.25, 0.3) is 0 Å². The van der Waals surface area contributed by atoms with Crippen molar-refractivity contribution in [2.45, 2.75) is 19.6 Å². The van der Waals surface area contributed by atoms with E-state index in [4.69, 9.17) is 11.6 Å². The van der Waals surface area contributed by atoms with Crippen molar-refractivity contribution >= 4 is 46.6 Å². The first kappa shape index (κ1) is 20.0. The fourth-order valence-corrected chi connectivity index (χ4v) is 3.24. The van der Waals surface area contributed by atoms with Crippen LogP contribution < -0.4 is 10.7 Å². The van der Waals surface area contributed by atoms with Crippen LogP contribution in [0.1, 0.15) is 25.0 Å². The lowest BCUT2D eigenvalue weighted by Crippen LogP contribution is -2.21. The van der Waals surface area contributed by atoms with E-state index in [1.165, 1.54) is 18.7 Å². The van der Waals surface area contributed by atoms with Crippen LogP contribution in [0.4, 0.5) is 5.69 Å². The first-order chi connectivity index (χ1) is 12.5. The Morgan fingerprint density at radius 2 is 1.88 bits per heavy atom. The van der Waals surface area contributed by atoms with Gasteiger partial charge in [-0.15, -0.1) is 11.8 Å². The number of carbonyl (C=O) groups excluding carboxylic acids is 2. The van der Waals surface area contributed by atoms with Gasteiger partial charge in [-0.2, -0.15) is 5.10 Å². The van der Waals surface area contributed by atoms with Crippen LogP contribution in [0.2, 0.25) is 5.02 Å². The minimum Gasteiger partial charge on any atom is -0.326 e. The number of anilines is 1. The zero-order chi connectivity index (χ0) is 18.9. The maximum atomic E-state index is 11.9. The van der Waals surface area contributed by atoms with Crippen molar-refractivity contribution in [2.24, 2.45) is 5.10 Å². The van der Waals surface area contributed by atoms with Gasteiger partial charge in [0.05, 0.1) is 11.5 Å². The number of rotatable bonds is 7. The topological polar surface area (TPSA) is 70.6 Å². The normalized spacial score (nSPS) is 11.1. The molecule has 0 spiro atoms. The molecule has 7 heteroatoms. The Bertz CT molecular complexity index is 824. The fraction of sp³-hybridized carbons (Fsp3) is 0.211. The van der Waals surface area contributed by atoms with E-state index in [0.29, 0.717) is 22.2 Å². The summed E-state index contributed by atoms with van der Waals surface area (Å²) in [5.74, 6) is 0.627. The molecule has 0 fully saturated rings. The van der Waals surface area contributed by atoms with Crippen LogP contribution in [0.5, 0.6) is 0 Å². The summed E-state index contributed by atoms with van der Waals surface area (Å²) in [6.45, 7) is 3.25. The first-order valence-electron chi connectivity index (χ1n) is 7.98. The molecule has 5 nitrogen and oxygen atoms in total. The smallest absolute Gasteiger partial charge is 0.250 e. The second-order valence-corrected chi connectivity index (χ2v) is 6.97. The molecule has 26 heavy (non-hydrogen) atoms. The van der Waals surface area contributed by atoms with Crippen molar-refractivity contribution in [3.63, 3.8) is 0 Å². The highest BCUT2D eigenvalue weighted by atomic mass is 35.5. The Kier molecular flexibility index (Phi) is 7.69. The van der Waals surface area contributed by atoms with Crippen LogP contribution in [-0.4, -0.2) is 23.3 Å². The Morgan fingerprint density at radius 1 is 1.12 bits per heavy atom. The van der Waals surface area contributed by atoms with E-state index < -0.39 is 0 Å². The average molecular weight is 390 g/mol. The van der Waals surface area contributed by atoms with Gasteiger partial charge in [0.1, 0.15) is 0 Å². The number of amides is 2. The average Bonchev–Trinajstić information content (AvgIpc) is 2.61. The van der Waals surface area contributed by atoms with E-state index in [0.717, 1.165) is 11.1 Å². The van der Waals surface area contributed by atoms with Crippen molar-refractivity contribution in [2.75, 3.05) is 11.1 Å². The highest BCUT2D eigenvalue weighted by Gasteiger charge is 2.05. The molecule has 0 saturated heterocycles. The second-order valence-electron chi connectivity index (χ2n) is 5.58. The number of hydrazone groups is 1. The summed E-state index contributed by atoms with van der Waals surface area (Å²) in [7, 11) is 0. The molecule has 0 radical (unpaired) electrons. The third kappa shape index (κ3) is 6.54. The number of nitrogens with zero attached hydrogens (tertiary/aromatic N) is 1. The number of thioether (sulfide) groups is 1. The van der Waals surface area contributed by atoms with E-state index in [2.05, 4.69) is 15.8 Å². The summed E-state index contributed by atoms with van der Waals surface area (Å²) in [6, 6.07) is 14.9. The highest BCUT2D eigenvalue weighted by molar-refractivity contribution is 7.99. The number of carbonyl (C=O) groups is 2. The zero-order valence-corrected chi connectivity index (χ0v) is 16.2. The van der Waals surface area contributed by atoms with Crippen LogP contribution in [0.3, 0.4) is 0 Å². The molecule has 0 bridgehead atoms. The standard InChI is InChI=1S/C19H20ClN3O2S/c1-13(15-7-5-8-17(10-15)21-14(2)24)22-23-19(25)12-26-11-16-6-3-4-9-18(16)20/h3-10H,11-12H2,1-2H3,(H,21,24)(H,23,25)/b22-13+. The van der Waals surface area contributed by atoms with Gasteiger partial charge >= 0.3 is 0 Å². The lowest BCUT2D eigenvalue weighted by atomic mass is 10.1. The fourth-order valence-electron chi connectivity index (χ4n) is 2.14. The van der Waals surface area contributed by atoms with Crippen LogP contribution in [-0.2, 0) is 15.3 Å². The molecule has 0 aliphatic carbocycles. The third-order valence-corrected chi connectivity index (χ3v) is 4.75. The minimum atomic E-state index is -0.181. The summed E-state index contributed by atoms with van der Waals surface area (Å²) in [6.07, 6.45) is 0. The summed E-state index contributed by atoms with van der Waals surface area (Å²) < 4.78 is 0. The minimum absolute atomic E-state index is 0.138. The summed E-state index contributed by atoms with van der Waals surface area (Å²) in [4.78, 5) is 23.1. The van der Waals surface area contributed by atoms with Gasteiger partial charge < -0.3 is 5.32 Å². The van der Waals surface area contributed by atoms with Gasteiger partial charge in [-0.05, 0) is 36.2 Å². The number of halogens is 1. The Hall–Kier alpha value is -2.31. The van der Waals surface area contributed by atoms with E-state index in [-0.39, 0.29) is 17.6 Å². The predicted octanol–water partition coefficient (Wildman–Crippen LogP) is 4.07. The predicted molar refractivity (Wildman–Crippen MR) is 109 cm³/mol. The molecule has 0 heterocycles. The van der Waals surface area contributed by atoms with Gasteiger partial charge in [0.2, 0.25) is 11.8 Å². The molecular weight excluding hydrogens is 370 g/mol. The molecule has 0 aliphatic heterocycles. The van der Waals surface area contributed by atoms with Crippen molar-refractivity contribution in [1.29, 1.82) is 0 Å². The van der Waals surface area contributed by atoms with Gasteiger partial charge in [-0.1, -0.05) is 41.9 Å². The lowest BCUT2D eigenvalue weighted by molar-refractivity contribution is -0.118. The van der Waals surface area contributed by atoms with Crippen LogP contribution >= 0.6 is 23.4 Å². The SMILES string of the molecule is CC(=O)Nc1cccc(/C(C)=N/NC(=O)CSCc2ccccc2Cl)c1. The summed E-state index contributed by atoms with van der Waals surface area (Å²) >= 11 is 7.56. The molecule has 0 saturated carbocycles. The monoisotopic (exact) mass is 389 g/mol. The quantitative estimate of drug-likeness (QED) is 0.553. The van der Waals surface area contributed by atoms with Gasteiger partial charge in [-0.3, -0.25) is 9.59 Å². The molecule has 136 valence electrons. The van der Waals surface area contributed by atoms with Crippen LogP contribution in [0.15, 0.2) is 53.6 Å². The molecule has 2 amide bonds. The summed E-state index contributed by atoms with van der Waals surface area (Å²) in [5, 5.41) is 7.54. The molecule has 2 aromatic rings. The molecule has 2 aromatic carbocycles. The first-order valence-corrected chi connectivity index (χ1v) is 9.51. The molecule has 0 atom stereocenters. The van der Waals surface area contributed by atoms with E-state index in [1.807, 2.05) is 36.4 Å². The van der Waals surface area contributed by atoms with Gasteiger partial charge in [0, 0.05) is 23.4 Å². The van der Waals surface area contributed by atoms with Crippen molar-refractivity contribution in [3.05, 3.63) is 64.7 Å². The van der Waals surface area contributed by atoms with E-state index in [1.54, 1.807) is 19.1 Å². The highest BCUT2D eigenvalue weighted by Crippen LogP contribution is 2.20. The Labute approximate surface area is 162 Å². The summed E-state index contributed by atoms with van der Waals surface area (Å²) in [5.41, 5.74) is 5.71. The third-order valence-electron chi connectivity index (χ3n) is 3.40. The number of nitrogens with one attached hydrogen (secondary N) is 2. The largest absolute Gasteiger partial charge is 0.326 e. The molecule has 2 rings (SSSR count). The van der Waals surface area contributed by atoms with E-state index >= 15 is 0 Å². The number of hydrogen-bond donors (Lipinski definition) is 2. The van der Waals surface area contributed by atoms with E-state index in [9.17, 15) is 9.59 Å². The molecule has 0 unspecified atom stereocenters. The van der Waals surface area contributed by atoms with Crippen molar-refractivity contribution in [1.82, 2.24) is 5.43 Å². The van der Waals surface area contributed by atoms with Gasteiger partial charge in [0.15, 0.2) is 0 Å². The van der Waals surface area contributed by atoms with Gasteiger partial charge in [-0.25, -0.2) is 5.43 Å². The lowest BCUT2D eigenvalue weighted by Gasteiger charge is -2.06. The maximum Gasteiger partial charge on any atom is 0.250 e. The van der Waals surface area contributed by atoms with Crippen molar-refractivity contribution < 1.29 is 9.59 Å². The number of hydrogen-bond acceptors (Lipinski definition) is 4. The molecule has 2 N–H and O–H groups in total. The Balaban J connectivity index is 1.85. The van der Waals surface area contributed by atoms with Gasteiger partial charge in [0.25, 0.3) is 0 Å². The van der Waals surface area contributed by atoms with Crippen LogP contribution in [0, 0.1) is 0 Å². The maximum absolute atomic E-state index is 11.9. The molecular formula is C19H20ClN3O2S. The Morgan fingerprint density at radius 3 is 2.62 bits per heavy atom.